The van der Waals surface area contributed by atoms with Crippen LogP contribution in [-0.2, 0) is 6.54 Å². The first-order valence-corrected chi connectivity index (χ1v) is 10.2. The van der Waals surface area contributed by atoms with E-state index in [-0.39, 0.29) is 11.9 Å². The summed E-state index contributed by atoms with van der Waals surface area (Å²) in [5.74, 6) is 1.23. The van der Waals surface area contributed by atoms with E-state index in [1.807, 2.05) is 35.0 Å². The normalized spacial score (nSPS) is 18.9. The Hall–Kier alpha value is -3.06. The van der Waals surface area contributed by atoms with Crippen LogP contribution in [0, 0.1) is 0 Å². The van der Waals surface area contributed by atoms with Crippen molar-refractivity contribution in [2.75, 3.05) is 14.2 Å². The predicted octanol–water partition coefficient (Wildman–Crippen LogP) is 3.14. The molecule has 2 N–H and O–H groups in total. The number of hydrogen-bond acceptors (Lipinski definition) is 5. The lowest BCUT2D eigenvalue weighted by Gasteiger charge is -2.28. The number of aromatic nitrogens is 2. The van der Waals surface area contributed by atoms with Crippen LogP contribution in [0.3, 0.4) is 0 Å². The first kappa shape index (κ1) is 20.2. The van der Waals surface area contributed by atoms with Crippen LogP contribution in [0.1, 0.15) is 41.6 Å². The topological polar surface area (TPSA) is 85.6 Å². The van der Waals surface area contributed by atoms with E-state index in [9.17, 15) is 9.90 Å². The molecule has 2 atom stereocenters. The third-order valence-corrected chi connectivity index (χ3v) is 5.74. The number of fused-ring (bicyclic) bond motifs is 1. The number of amides is 1. The van der Waals surface area contributed by atoms with Crippen LogP contribution >= 0.6 is 0 Å². The second kappa shape index (κ2) is 8.75. The van der Waals surface area contributed by atoms with Gasteiger partial charge in [0.25, 0.3) is 5.91 Å². The molecule has 30 heavy (non-hydrogen) atoms. The van der Waals surface area contributed by atoms with Gasteiger partial charge in [0.2, 0.25) is 0 Å². The molecule has 7 nitrogen and oxygen atoms in total. The number of rotatable bonds is 6. The van der Waals surface area contributed by atoms with E-state index in [0.717, 1.165) is 42.5 Å². The van der Waals surface area contributed by atoms with Crippen molar-refractivity contribution < 1.29 is 19.4 Å². The van der Waals surface area contributed by atoms with Gasteiger partial charge in [-0.3, -0.25) is 9.78 Å². The number of carbonyl (C=O) groups is 1. The fourth-order valence-corrected chi connectivity index (χ4v) is 4.10. The largest absolute Gasteiger partial charge is 0.497 e. The van der Waals surface area contributed by atoms with Gasteiger partial charge in [-0.15, -0.1) is 0 Å². The molecule has 2 aromatic heterocycles. The van der Waals surface area contributed by atoms with E-state index in [2.05, 4.69) is 10.3 Å². The summed E-state index contributed by atoms with van der Waals surface area (Å²) in [7, 11) is 3.25. The smallest absolute Gasteiger partial charge is 0.255 e. The van der Waals surface area contributed by atoms with Gasteiger partial charge in [-0.05, 0) is 30.5 Å². The highest BCUT2D eigenvalue weighted by Gasteiger charge is 2.27. The zero-order valence-electron chi connectivity index (χ0n) is 17.3. The van der Waals surface area contributed by atoms with Crippen molar-refractivity contribution in [2.45, 2.75) is 44.4 Å². The van der Waals surface area contributed by atoms with Crippen molar-refractivity contribution in [1.82, 2.24) is 14.9 Å². The van der Waals surface area contributed by atoms with Crippen LogP contribution in [0.4, 0.5) is 0 Å². The highest BCUT2D eigenvalue weighted by Crippen LogP contribution is 2.29. The second-order valence-electron chi connectivity index (χ2n) is 7.66. The van der Waals surface area contributed by atoms with Crippen molar-refractivity contribution >= 4 is 16.9 Å². The number of nitrogens with one attached hydrogen (secondary N) is 1. The second-order valence-corrected chi connectivity index (χ2v) is 7.66. The minimum Gasteiger partial charge on any atom is -0.497 e. The van der Waals surface area contributed by atoms with Crippen LogP contribution in [0.2, 0.25) is 0 Å². The van der Waals surface area contributed by atoms with Gasteiger partial charge >= 0.3 is 0 Å². The molecule has 3 aromatic rings. The molecule has 2 unspecified atom stereocenters. The fraction of sp³-hybridized carbons (Fsp3) is 0.391. The number of carbonyl (C=O) groups excluding carboxylic acids is 1. The number of pyridine rings is 1. The Bertz CT molecular complexity index is 1030. The molecule has 2 heterocycles. The van der Waals surface area contributed by atoms with Crippen LogP contribution in [0.5, 0.6) is 11.5 Å². The molecule has 1 aromatic carbocycles. The molecule has 0 bridgehead atoms. The van der Waals surface area contributed by atoms with Crippen molar-refractivity contribution in [3.8, 4) is 11.5 Å². The number of methoxy groups -OCH3 is 2. The van der Waals surface area contributed by atoms with Gasteiger partial charge in [0, 0.05) is 25.0 Å². The van der Waals surface area contributed by atoms with Gasteiger partial charge in [-0.25, -0.2) is 0 Å². The molecule has 0 spiro atoms. The van der Waals surface area contributed by atoms with E-state index in [1.54, 1.807) is 26.5 Å². The summed E-state index contributed by atoms with van der Waals surface area (Å²) >= 11 is 0. The van der Waals surface area contributed by atoms with Gasteiger partial charge in [0.1, 0.15) is 22.5 Å². The highest BCUT2D eigenvalue weighted by molar-refractivity contribution is 6.06. The molecule has 1 amide bonds. The van der Waals surface area contributed by atoms with Crippen LogP contribution in [0.25, 0.3) is 11.0 Å². The molecule has 0 aliphatic heterocycles. The number of aliphatic hydroxyl groups excluding tert-OH is 1. The Kier molecular flexibility index (Phi) is 5.90. The lowest BCUT2D eigenvalue weighted by atomic mass is 9.92. The minimum atomic E-state index is -0.502. The van der Waals surface area contributed by atoms with E-state index in [4.69, 9.17) is 9.47 Å². The van der Waals surface area contributed by atoms with Gasteiger partial charge < -0.3 is 24.5 Å². The minimum absolute atomic E-state index is 0.222. The van der Waals surface area contributed by atoms with E-state index in [0.29, 0.717) is 23.4 Å². The molecule has 7 heteroatoms. The summed E-state index contributed by atoms with van der Waals surface area (Å²) in [5.41, 5.74) is 2.90. The Labute approximate surface area is 175 Å². The summed E-state index contributed by atoms with van der Waals surface area (Å²) in [6, 6.07) is 9.37. The van der Waals surface area contributed by atoms with Crippen LogP contribution in [0.15, 0.2) is 42.7 Å². The first-order valence-electron chi connectivity index (χ1n) is 10.2. The van der Waals surface area contributed by atoms with Crippen molar-refractivity contribution in [2.24, 2.45) is 0 Å². The Morgan fingerprint density at radius 2 is 1.93 bits per heavy atom. The molecular formula is C23H27N3O4. The quantitative estimate of drug-likeness (QED) is 0.653. The molecular weight excluding hydrogens is 382 g/mol. The van der Waals surface area contributed by atoms with Crippen LogP contribution < -0.4 is 14.8 Å². The molecule has 1 aliphatic carbocycles. The molecule has 1 saturated carbocycles. The van der Waals surface area contributed by atoms with Crippen molar-refractivity contribution in [3.63, 3.8) is 0 Å². The molecule has 0 radical (unpaired) electrons. The average Bonchev–Trinajstić information content (AvgIpc) is 3.14. The van der Waals surface area contributed by atoms with Gasteiger partial charge in [0.15, 0.2) is 0 Å². The summed E-state index contributed by atoms with van der Waals surface area (Å²) in [4.78, 5) is 17.6. The summed E-state index contributed by atoms with van der Waals surface area (Å²) in [5, 5.41) is 13.2. The van der Waals surface area contributed by atoms with Crippen molar-refractivity contribution in [3.05, 3.63) is 53.9 Å². The lowest BCUT2D eigenvalue weighted by Crippen LogP contribution is -2.45. The number of benzene rings is 1. The maximum absolute atomic E-state index is 13.1. The maximum atomic E-state index is 13.1. The number of hydrogen-bond donors (Lipinski definition) is 2. The molecule has 158 valence electrons. The zero-order chi connectivity index (χ0) is 21.1. The van der Waals surface area contributed by atoms with Crippen LogP contribution in [-0.4, -0.2) is 46.9 Å². The van der Waals surface area contributed by atoms with E-state index < -0.39 is 6.10 Å². The SMILES string of the molecule is COc1ccc(Cn2cc(C(=O)NC3CCCCC3O)c3nccc(OC)c32)cc1. The number of nitrogens with zero attached hydrogens (tertiary/aromatic N) is 2. The zero-order valence-corrected chi connectivity index (χ0v) is 17.3. The molecule has 4 rings (SSSR count). The number of aliphatic hydroxyl groups is 1. The average molecular weight is 409 g/mol. The van der Waals surface area contributed by atoms with Gasteiger partial charge in [-0.1, -0.05) is 25.0 Å². The Morgan fingerprint density at radius 1 is 1.17 bits per heavy atom. The fourth-order valence-electron chi connectivity index (χ4n) is 4.10. The molecule has 1 aliphatic rings. The third kappa shape index (κ3) is 3.98. The predicted molar refractivity (Wildman–Crippen MR) is 114 cm³/mol. The standard InChI is InChI=1S/C23H27N3O4/c1-29-16-9-7-15(8-10-16)13-26-14-17(21-22(26)20(30-2)11-12-24-21)23(28)25-18-5-3-4-6-19(18)27/h7-12,14,18-19,27H,3-6,13H2,1-2H3,(H,25,28). The maximum Gasteiger partial charge on any atom is 0.255 e. The monoisotopic (exact) mass is 409 g/mol. The Balaban J connectivity index is 1.68. The Morgan fingerprint density at radius 3 is 2.63 bits per heavy atom. The summed E-state index contributed by atoms with van der Waals surface area (Å²) < 4.78 is 12.8. The summed E-state index contributed by atoms with van der Waals surface area (Å²) in [6.07, 6.45) is 6.46. The first-order chi connectivity index (χ1) is 14.6. The third-order valence-electron chi connectivity index (χ3n) is 5.74. The van der Waals surface area contributed by atoms with Crippen molar-refractivity contribution in [1.29, 1.82) is 0 Å². The molecule has 1 fully saturated rings. The highest BCUT2D eigenvalue weighted by atomic mass is 16.5. The van der Waals surface area contributed by atoms with E-state index >= 15 is 0 Å². The number of ether oxygens (including phenoxy) is 2. The van der Waals surface area contributed by atoms with E-state index in [1.165, 1.54) is 0 Å². The lowest BCUT2D eigenvalue weighted by molar-refractivity contribution is 0.0718. The summed E-state index contributed by atoms with van der Waals surface area (Å²) in [6.45, 7) is 0.557. The van der Waals surface area contributed by atoms with Gasteiger partial charge in [-0.2, -0.15) is 0 Å². The van der Waals surface area contributed by atoms with Gasteiger partial charge in [0.05, 0.1) is 31.9 Å². The molecule has 0 saturated heterocycles.